The fourth-order valence-corrected chi connectivity index (χ4v) is 6.56. The molecule has 2 heterocycles. The lowest BCUT2D eigenvalue weighted by Gasteiger charge is -2.46. The Kier molecular flexibility index (Phi) is 14.0. The first-order chi connectivity index (χ1) is 21.8. The zero-order valence-electron chi connectivity index (χ0n) is 29.9. The van der Waals surface area contributed by atoms with Gasteiger partial charge in [-0.05, 0) is 47.6 Å². The van der Waals surface area contributed by atoms with Crippen molar-refractivity contribution in [3.63, 3.8) is 0 Å². The van der Waals surface area contributed by atoms with Crippen LogP contribution >= 0.6 is 11.8 Å². The summed E-state index contributed by atoms with van der Waals surface area (Å²) in [4.78, 5) is 42.6. The number of esters is 1. The second-order valence-corrected chi connectivity index (χ2v) is 15.6. The number of methoxy groups -OCH3 is 1. The van der Waals surface area contributed by atoms with Gasteiger partial charge in [-0.1, -0.05) is 80.9 Å². The number of carbonyl (C=O) groups is 3. The maximum Gasteiger partial charge on any atom is 0.329 e. The van der Waals surface area contributed by atoms with Gasteiger partial charge in [0.05, 0.1) is 17.6 Å². The molecular weight excluding hydrogens is 616 g/mol. The fraction of sp³-hybridized carbons (Fsp3) is 0.611. The van der Waals surface area contributed by atoms with E-state index in [2.05, 4.69) is 76.2 Å². The van der Waals surface area contributed by atoms with Gasteiger partial charge in [0, 0.05) is 42.7 Å². The van der Waals surface area contributed by atoms with Crippen molar-refractivity contribution >= 4 is 29.5 Å². The summed E-state index contributed by atoms with van der Waals surface area (Å²) in [5.41, 5.74) is -0.395. The molecule has 0 spiro atoms. The van der Waals surface area contributed by atoms with Crippen LogP contribution in [-0.4, -0.2) is 63.0 Å². The van der Waals surface area contributed by atoms with Gasteiger partial charge in [-0.3, -0.25) is 19.1 Å². The number of ether oxygens (including phenoxy) is 1. The minimum atomic E-state index is -1.01. The Morgan fingerprint density at radius 2 is 1.77 bits per heavy atom. The van der Waals surface area contributed by atoms with E-state index in [1.165, 1.54) is 30.1 Å². The molecule has 2 unspecified atom stereocenters. The van der Waals surface area contributed by atoms with Gasteiger partial charge in [-0.25, -0.2) is 4.79 Å². The molecule has 2 amide bonds. The molecule has 0 fully saturated rings. The average Bonchev–Trinajstić information content (AvgIpc) is 3.29. The molecule has 0 saturated heterocycles. The molecule has 2 aromatic heterocycles. The van der Waals surface area contributed by atoms with Crippen molar-refractivity contribution in [2.75, 3.05) is 19.4 Å². The Morgan fingerprint density at radius 1 is 1.09 bits per heavy atom. The van der Waals surface area contributed by atoms with Crippen LogP contribution in [0.1, 0.15) is 98.4 Å². The maximum absolute atomic E-state index is 13.4. The molecule has 2 aromatic rings. The number of thioether (sulfide) groups is 1. The number of aromatic nitrogens is 2. The van der Waals surface area contributed by atoms with Crippen LogP contribution in [-0.2, 0) is 20.9 Å². The summed E-state index contributed by atoms with van der Waals surface area (Å²) >= 11 is 1.08. The Balaban J connectivity index is 2.03. The van der Waals surface area contributed by atoms with Gasteiger partial charge in [-0.2, -0.15) is 0 Å². The number of nitrogens with one attached hydrogen (secondary N) is 2. The lowest BCUT2D eigenvalue weighted by molar-refractivity contribution is -0.142. The molecule has 47 heavy (non-hydrogen) atoms. The predicted molar refractivity (Wildman–Crippen MR) is 187 cm³/mol. The molecule has 0 aliphatic heterocycles. The predicted octanol–water partition coefficient (Wildman–Crippen LogP) is 6.72. The van der Waals surface area contributed by atoms with Crippen molar-refractivity contribution in [2.24, 2.45) is 21.7 Å². The molecule has 11 heteroatoms. The number of hydrogen-bond acceptors (Lipinski definition) is 8. The van der Waals surface area contributed by atoms with Gasteiger partial charge in [-0.15, -0.1) is 11.8 Å². The molecular formula is C36H56N4O6S. The third-order valence-corrected chi connectivity index (χ3v) is 10.8. The Morgan fingerprint density at radius 3 is 2.34 bits per heavy atom. The van der Waals surface area contributed by atoms with Crippen molar-refractivity contribution in [1.82, 2.24) is 20.2 Å². The van der Waals surface area contributed by atoms with Gasteiger partial charge >= 0.3 is 5.97 Å². The summed E-state index contributed by atoms with van der Waals surface area (Å²) in [6.45, 7) is 19.9. The number of nitrogens with zero attached hydrogens (tertiary/aromatic N) is 2. The molecule has 10 nitrogen and oxygen atoms in total. The molecule has 4 N–H and O–H groups in total. The van der Waals surface area contributed by atoms with Crippen LogP contribution < -0.4 is 10.6 Å². The van der Waals surface area contributed by atoms with Crippen LogP contribution in [0.15, 0.2) is 47.6 Å². The highest BCUT2D eigenvalue weighted by Crippen LogP contribution is 2.50. The highest BCUT2D eigenvalue weighted by Gasteiger charge is 2.43. The Bertz CT molecular complexity index is 1390. The summed E-state index contributed by atoms with van der Waals surface area (Å²) in [6.07, 6.45) is 11.3. The van der Waals surface area contributed by atoms with E-state index in [0.29, 0.717) is 11.3 Å². The van der Waals surface area contributed by atoms with Crippen molar-refractivity contribution < 1.29 is 29.3 Å². The molecule has 262 valence electrons. The summed E-state index contributed by atoms with van der Waals surface area (Å²) in [5, 5.41) is 27.0. The van der Waals surface area contributed by atoms with Gasteiger partial charge in [0.25, 0.3) is 5.91 Å². The SMILES string of the molecule is CCC(C)(C)CC=CC(C)(CC)C(C)(C)CC(C)(C)C(=O)NCCn1c(O)cc(SCC(NC(=O)c2cccnc2)C(=O)OC)c1O. The molecule has 0 bridgehead atoms. The van der Waals surface area contributed by atoms with E-state index < -0.39 is 23.3 Å². The molecule has 0 radical (unpaired) electrons. The standard InChI is InChI=1S/C36H56N4O6S/c1-11-33(3,4)16-14-17-36(9,12-2)35(7,8)24-34(5,6)32(45)38-19-20-40-28(41)21-27(30(40)43)47-23-26(31(44)46-10)39-29(42)25-15-13-18-37-22-25/h13-15,17-18,21-22,26,41,43H,11-12,16,19-20,23-24H2,1-10H3,(H,38,45)(H,39,42). The number of aromatic hydroxyl groups is 2. The lowest BCUT2D eigenvalue weighted by Crippen LogP contribution is -2.44. The van der Waals surface area contributed by atoms with E-state index in [4.69, 9.17) is 4.74 Å². The van der Waals surface area contributed by atoms with E-state index >= 15 is 0 Å². The van der Waals surface area contributed by atoms with Crippen molar-refractivity contribution in [1.29, 1.82) is 0 Å². The third-order valence-electron chi connectivity index (χ3n) is 9.65. The first kappa shape index (κ1) is 39.7. The Hall–Kier alpha value is -3.47. The zero-order valence-corrected chi connectivity index (χ0v) is 30.7. The molecule has 0 aliphatic carbocycles. The number of carbonyl (C=O) groups excluding carboxylic acids is 3. The highest BCUT2D eigenvalue weighted by molar-refractivity contribution is 7.99. The first-order valence-corrected chi connectivity index (χ1v) is 17.3. The average molecular weight is 673 g/mol. The number of pyridine rings is 1. The summed E-state index contributed by atoms with van der Waals surface area (Å²) in [7, 11) is 1.22. The second-order valence-electron chi connectivity index (χ2n) is 14.5. The van der Waals surface area contributed by atoms with E-state index in [9.17, 15) is 24.6 Å². The van der Waals surface area contributed by atoms with Crippen LogP contribution in [0, 0.1) is 21.7 Å². The minimum Gasteiger partial charge on any atom is -0.494 e. The lowest BCUT2D eigenvalue weighted by atomic mass is 9.59. The maximum atomic E-state index is 13.4. The van der Waals surface area contributed by atoms with E-state index in [-0.39, 0.29) is 58.3 Å². The largest absolute Gasteiger partial charge is 0.494 e. The normalized spacial score (nSPS) is 14.4. The van der Waals surface area contributed by atoms with Crippen LogP contribution in [0.4, 0.5) is 0 Å². The highest BCUT2D eigenvalue weighted by atomic mass is 32.2. The van der Waals surface area contributed by atoms with Crippen LogP contribution in [0.25, 0.3) is 0 Å². The van der Waals surface area contributed by atoms with Gasteiger partial charge < -0.3 is 25.6 Å². The molecule has 2 atom stereocenters. The number of rotatable bonds is 18. The van der Waals surface area contributed by atoms with Crippen LogP contribution in [0.3, 0.4) is 0 Å². The van der Waals surface area contributed by atoms with Crippen molar-refractivity contribution in [3.8, 4) is 11.8 Å². The molecule has 2 rings (SSSR count). The van der Waals surface area contributed by atoms with E-state index in [1.54, 1.807) is 12.1 Å². The fourth-order valence-electron chi connectivity index (χ4n) is 5.56. The van der Waals surface area contributed by atoms with Crippen LogP contribution in [0.2, 0.25) is 0 Å². The quantitative estimate of drug-likeness (QED) is 0.0777. The van der Waals surface area contributed by atoms with E-state index in [1.807, 2.05) is 13.8 Å². The summed E-state index contributed by atoms with van der Waals surface area (Å²) in [5.74, 6) is -1.61. The van der Waals surface area contributed by atoms with Gasteiger partial charge in [0.2, 0.25) is 11.8 Å². The Labute approximate surface area is 285 Å². The zero-order chi connectivity index (χ0) is 35.6. The smallest absolute Gasteiger partial charge is 0.329 e. The first-order valence-electron chi connectivity index (χ1n) is 16.3. The molecule has 0 aliphatic rings. The topological polar surface area (TPSA) is 143 Å². The monoisotopic (exact) mass is 672 g/mol. The van der Waals surface area contributed by atoms with Gasteiger partial charge in [0.1, 0.15) is 6.04 Å². The van der Waals surface area contributed by atoms with Gasteiger partial charge in [0.15, 0.2) is 5.88 Å². The number of allylic oxidation sites excluding steroid dienone is 2. The van der Waals surface area contributed by atoms with Crippen LogP contribution in [0.5, 0.6) is 11.8 Å². The number of amides is 2. The minimum absolute atomic E-state index is 0.0403. The summed E-state index contributed by atoms with van der Waals surface area (Å²) in [6, 6.07) is 3.55. The van der Waals surface area contributed by atoms with Crippen molar-refractivity contribution in [2.45, 2.75) is 105 Å². The van der Waals surface area contributed by atoms with E-state index in [0.717, 1.165) is 31.0 Å². The molecule has 0 aromatic carbocycles. The number of hydrogen-bond donors (Lipinski definition) is 4. The summed E-state index contributed by atoms with van der Waals surface area (Å²) < 4.78 is 6.13. The third kappa shape index (κ3) is 10.8. The second kappa shape index (κ2) is 16.6. The van der Waals surface area contributed by atoms with Crippen molar-refractivity contribution in [3.05, 3.63) is 48.3 Å². The molecule has 0 saturated carbocycles.